The Kier molecular flexibility index (Phi) is 7.68. The van der Waals surface area contributed by atoms with E-state index in [0.717, 1.165) is 25.7 Å². The van der Waals surface area contributed by atoms with Crippen LogP contribution >= 0.6 is 27.5 Å². The molecule has 2 saturated carbocycles. The number of carbonyl (C=O) groups is 2. The van der Waals surface area contributed by atoms with Crippen molar-refractivity contribution in [2.75, 3.05) is 7.11 Å². The number of aliphatic hydroxyl groups is 1. The highest BCUT2D eigenvalue weighted by Crippen LogP contribution is 2.57. The van der Waals surface area contributed by atoms with E-state index in [9.17, 15) is 14.7 Å². The molecule has 2 aromatic rings. The lowest BCUT2D eigenvalue weighted by Gasteiger charge is -2.32. The number of fused-ring (bicyclic) bond motifs is 4. The molecule has 7 nitrogen and oxygen atoms in total. The average molecular weight is 622 g/mol. The minimum absolute atomic E-state index is 0.0496. The number of benzene rings is 2. The summed E-state index contributed by atoms with van der Waals surface area (Å²) in [6, 6.07) is 3.27. The quantitative estimate of drug-likeness (QED) is 0.261. The van der Waals surface area contributed by atoms with Crippen LogP contribution in [0.5, 0.6) is 23.0 Å². The van der Waals surface area contributed by atoms with Crippen LogP contribution in [-0.2, 0) is 16.1 Å². The normalized spacial score (nSPS) is 24.3. The first-order valence-corrected chi connectivity index (χ1v) is 14.6. The number of hydrogen-bond acceptors (Lipinski definition) is 7. The maximum atomic E-state index is 13.6. The first kappa shape index (κ1) is 28.2. The second kappa shape index (κ2) is 10.6. The molecule has 2 aliphatic carbocycles. The van der Waals surface area contributed by atoms with Gasteiger partial charge in [-0.25, -0.2) is 4.79 Å². The van der Waals surface area contributed by atoms with Gasteiger partial charge in [-0.2, -0.15) is 0 Å². The van der Waals surface area contributed by atoms with Crippen molar-refractivity contribution in [1.82, 2.24) is 0 Å². The lowest BCUT2D eigenvalue weighted by atomic mass is 9.75. The highest BCUT2D eigenvalue weighted by molar-refractivity contribution is 9.10. The predicted octanol–water partition coefficient (Wildman–Crippen LogP) is 7.69. The molecule has 2 fully saturated rings. The number of esters is 2. The second-order valence-electron chi connectivity index (χ2n) is 11.7. The standard InChI is InChI=1S/C30H34BrClO7/c1-14(2)10-20(33)18-8-9-21-22(25(18)36-5)28(34)37-13-19-23(31)15(3)24(32)27(26(19)38-21)39-29(35)30(4)12-16-6-7-17(30)11-16/h8-9,14,16-17,20,33H,6-7,10-13H2,1-5H3/t16-,17+,20-,30+/m0/s1. The summed E-state index contributed by atoms with van der Waals surface area (Å²) in [6.45, 7) is 7.63. The third-order valence-electron chi connectivity index (χ3n) is 8.59. The van der Waals surface area contributed by atoms with E-state index in [1.165, 1.54) is 7.11 Å². The van der Waals surface area contributed by atoms with E-state index in [0.29, 0.717) is 33.5 Å². The van der Waals surface area contributed by atoms with Gasteiger partial charge in [0, 0.05) is 10.0 Å². The van der Waals surface area contributed by atoms with E-state index in [1.807, 2.05) is 20.8 Å². The highest BCUT2D eigenvalue weighted by Gasteiger charge is 2.53. The van der Waals surface area contributed by atoms with Crippen molar-refractivity contribution in [3.05, 3.63) is 43.9 Å². The van der Waals surface area contributed by atoms with Gasteiger partial charge in [0.1, 0.15) is 23.7 Å². The molecule has 2 bridgehead atoms. The topological polar surface area (TPSA) is 91.3 Å². The molecule has 0 saturated heterocycles. The van der Waals surface area contributed by atoms with Crippen molar-refractivity contribution in [2.45, 2.75) is 72.5 Å². The minimum atomic E-state index is -0.846. The Balaban J connectivity index is 1.60. The van der Waals surface area contributed by atoms with Gasteiger partial charge in [-0.1, -0.05) is 31.9 Å². The summed E-state index contributed by atoms with van der Waals surface area (Å²) in [5.74, 6) is 0.704. The van der Waals surface area contributed by atoms with Crippen molar-refractivity contribution in [1.29, 1.82) is 0 Å². The van der Waals surface area contributed by atoms with Gasteiger partial charge in [-0.05, 0) is 90.9 Å². The van der Waals surface area contributed by atoms with Gasteiger partial charge < -0.3 is 24.1 Å². The van der Waals surface area contributed by atoms with Crippen LogP contribution in [0.1, 0.15) is 86.0 Å². The Morgan fingerprint density at radius 1 is 1.28 bits per heavy atom. The Morgan fingerprint density at radius 2 is 2.03 bits per heavy atom. The van der Waals surface area contributed by atoms with E-state index in [2.05, 4.69) is 15.9 Å². The van der Waals surface area contributed by atoms with Crippen LogP contribution in [-0.4, -0.2) is 24.2 Å². The zero-order chi connectivity index (χ0) is 28.2. The molecule has 1 aliphatic heterocycles. The van der Waals surface area contributed by atoms with Crippen LogP contribution in [0, 0.1) is 30.1 Å². The molecule has 0 spiro atoms. The van der Waals surface area contributed by atoms with Gasteiger partial charge in [0.15, 0.2) is 11.5 Å². The molecule has 0 amide bonds. The van der Waals surface area contributed by atoms with Crippen LogP contribution in [0.3, 0.4) is 0 Å². The van der Waals surface area contributed by atoms with Crippen LogP contribution in [0.15, 0.2) is 16.6 Å². The molecule has 9 heteroatoms. The van der Waals surface area contributed by atoms with Crippen molar-refractivity contribution < 1.29 is 33.6 Å². The van der Waals surface area contributed by atoms with Crippen molar-refractivity contribution in [2.24, 2.45) is 23.2 Å². The van der Waals surface area contributed by atoms with Gasteiger partial charge >= 0.3 is 11.9 Å². The first-order valence-electron chi connectivity index (χ1n) is 13.4. The van der Waals surface area contributed by atoms with Gasteiger partial charge in [-0.3, -0.25) is 4.79 Å². The monoisotopic (exact) mass is 620 g/mol. The molecule has 0 aromatic heterocycles. The average Bonchev–Trinajstić information content (AvgIpc) is 3.48. The van der Waals surface area contributed by atoms with Gasteiger partial charge in [0.2, 0.25) is 0 Å². The SMILES string of the molecule is COc1c([C@@H](O)CC(C)C)ccc2c1C(=O)OCc1c(Br)c(C)c(Cl)c(OC(=O)[C@]3(C)C[C@H]4CC[C@@H]3C4)c1O2. The molecular formula is C30H34BrClO7. The zero-order valence-corrected chi connectivity index (χ0v) is 25.2. The summed E-state index contributed by atoms with van der Waals surface area (Å²) in [6.07, 6.45) is 3.65. The largest absolute Gasteiger partial charge is 0.495 e. The number of ether oxygens (including phenoxy) is 4. The minimum Gasteiger partial charge on any atom is -0.495 e. The van der Waals surface area contributed by atoms with Gasteiger partial charge in [-0.15, -0.1) is 0 Å². The number of methoxy groups -OCH3 is 1. The van der Waals surface area contributed by atoms with E-state index >= 15 is 0 Å². The number of halogens is 2. The Hall–Kier alpha value is -2.29. The Bertz CT molecular complexity index is 1340. The fraction of sp³-hybridized carbons (Fsp3) is 0.533. The highest BCUT2D eigenvalue weighted by atomic mass is 79.9. The molecule has 3 aliphatic rings. The van der Waals surface area contributed by atoms with Gasteiger partial charge in [0.05, 0.1) is 29.2 Å². The maximum Gasteiger partial charge on any atom is 0.346 e. The summed E-state index contributed by atoms with van der Waals surface area (Å²) in [7, 11) is 1.43. The Morgan fingerprint density at radius 3 is 2.64 bits per heavy atom. The number of carbonyl (C=O) groups excluding carboxylic acids is 2. The Labute approximate surface area is 242 Å². The summed E-state index contributed by atoms with van der Waals surface area (Å²) < 4.78 is 24.4. The number of hydrogen-bond donors (Lipinski definition) is 1. The third-order valence-corrected chi connectivity index (χ3v) is 10.1. The number of rotatable bonds is 6. The molecule has 2 aromatic carbocycles. The van der Waals surface area contributed by atoms with Gasteiger partial charge in [0.25, 0.3) is 0 Å². The zero-order valence-electron chi connectivity index (χ0n) is 22.9. The lowest BCUT2D eigenvalue weighted by Crippen LogP contribution is -2.37. The summed E-state index contributed by atoms with van der Waals surface area (Å²) in [5, 5.41) is 11.1. The van der Waals surface area contributed by atoms with Crippen molar-refractivity contribution >= 4 is 39.5 Å². The lowest BCUT2D eigenvalue weighted by molar-refractivity contribution is -0.148. The smallest absolute Gasteiger partial charge is 0.346 e. The van der Waals surface area contributed by atoms with E-state index < -0.39 is 17.5 Å². The molecule has 39 heavy (non-hydrogen) atoms. The molecule has 5 rings (SSSR count). The molecule has 1 heterocycles. The molecule has 0 unspecified atom stereocenters. The van der Waals surface area contributed by atoms with Crippen LogP contribution in [0.2, 0.25) is 5.02 Å². The maximum absolute atomic E-state index is 13.6. The number of aliphatic hydroxyl groups excluding tert-OH is 1. The second-order valence-corrected chi connectivity index (χ2v) is 12.8. The molecule has 1 N–H and O–H groups in total. The summed E-state index contributed by atoms with van der Waals surface area (Å²) >= 11 is 10.3. The van der Waals surface area contributed by atoms with Crippen LogP contribution in [0.25, 0.3) is 0 Å². The summed E-state index contributed by atoms with van der Waals surface area (Å²) in [5.41, 5.74) is 1.07. The van der Waals surface area contributed by atoms with Crippen LogP contribution < -0.4 is 14.2 Å². The third kappa shape index (κ3) is 4.82. The predicted molar refractivity (Wildman–Crippen MR) is 150 cm³/mol. The van der Waals surface area contributed by atoms with Crippen LogP contribution in [0.4, 0.5) is 0 Å². The molecular weight excluding hydrogens is 588 g/mol. The number of cyclic esters (lactones) is 1. The summed E-state index contributed by atoms with van der Waals surface area (Å²) in [4.78, 5) is 26.9. The fourth-order valence-electron chi connectivity index (χ4n) is 6.46. The van der Waals surface area contributed by atoms with E-state index in [1.54, 1.807) is 19.1 Å². The van der Waals surface area contributed by atoms with Crippen molar-refractivity contribution in [3.63, 3.8) is 0 Å². The van der Waals surface area contributed by atoms with E-state index in [-0.39, 0.29) is 58.0 Å². The first-order chi connectivity index (χ1) is 18.5. The molecule has 0 radical (unpaired) electrons. The van der Waals surface area contributed by atoms with E-state index in [4.69, 9.17) is 30.5 Å². The van der Waals surface area contributed by atoms with Crippen molar-refractivity contribution in [3.8, 4) is 23.0 Å². The molecule has 210 valence electrons. The fourth-order valence-corrected chi connectivity index (χ4v) is 7.28. The molecule has 4 atom stereocenters.